The number of methoxy groups -OCH3 is 3. The van der Waals surface area contributed by atoms with Crippen LogP contribution in [0.1, 0.15) is 36.1 Å². The first kappa shape index (κ1) is 23.0. The number of hydrogen-bond acceptors (Lipinski definition) is 8. The lowest BCUT2D eigenvalue weighted by Gasteiger charge is -2.26. The van der Waals surface area contributed by atoms with Gasteiger partial charge < -0.3 is 24.3 Å². The van der Waals surface area contributed by atoms with Crippen LogP contribution in [0.2, 0.25) is 0 Å². The molecule has 10 heteroatoms. The summed E-state index contributed by atoms with van der Waals surface area (Å²) in [7, 11) is 4.76. The van der Waals surface area contributed by atoms with Crippen LogP contribution in [-0.4, -0.2) is 48.6 Å². The number of thiazole rings is 1. The molecule has 1 amide bonds. The standard InChI is InChI=1S/C25H26N4O5S/c1-6-34-14-7-8-17-21(9-14)35-25(26-17)29-24-23(13(2)28-29)16(11-22(30)27-24)15-10-19(32-4)20(33-5)12-18(15)31-3/h7-10,12,16H,6,11H2,1-5H3,(H,27,30)/t16-/m0/s1. The van der Waals surface area contributed by atoms with Gasteiger partial charge in [0.2, 0.25) is 11.0 Å². The number of nitrogens with one attached hydrogen (secondary N) is 1. The summed E-state index contributed by atoms with van der Waals surface area (Å²) in [5, 5.41) is 8.46. The van der Waals surface area contributed by atoms with Crippen molar-refractivity contribution < 1.29 is 23.7 Å². The van der Waals surface area contributed by atoms with Crippen molar-refractivity contribution in [3.8, 4) is 28.1 Å². The number of carbonyl (C=O) groups is 1. The van der Waals surface area contributed by atoms with Gasteiger partial charge in [-0.3, -0.25) is 4.79 Å². The Labute approximate surface area is 206 Å². The molecule has 0 saturated heterocycles. The zero-order chi connectivity index (χ0) is 24.7. The number of anilines is 1. The van der Waals surface area contributed by atoms with Crippen molar-refractivity contribution in [2.24, 2.45) is 0 Å². The molecule has 0 fully saturated rings. The third-order valence-electron chi connectivity index (χ3n) is 6.05. The van der Waals surface area contributed by atoms with E-state index in [4.69, 9.17) is 29.0 Å². The number of aromatic nitrogens is 3. The third kappa shape index (κ3) is 3.93. The van der Waals surface area contributed by atoms with E-state index in [0.29, 0.717) is 34.8 Å². The summed E-state index contributed by atoms with van der Waals surface area (Å²) >= 11 is 1.49. The van der Waals surface area contributed by atoms with E-state index in [0.717, 1.165) is 32.8 Å². The van der Waals surface area contributed by atoms with Crippen LogP contribution in [-0.2, 0) is 4.79 Å². The van der Waals surface area contributed by atoms with Crippen LogP contribution in [0.3, 0.4) is 0 Å². The van der Waals surface area contributed by atoms with Gasteiger partial charge in [0.05, 0.1) is 43.8 Å². The molecule has 2 aromatic heterocycles. The average molecular weight is 495 g/mol. The molecule has 1 aliphatic heterocycles. The fourth-order valence-corrected chi connectivity index (χ4v) is 5.47. The molecule has 0 spiro atoms. The molecule has 0 unspecified atom stereocenters. The Bertz CT molecular complexity index is 1430. The molecule has 1 atom stereocenters. The van der Waals surface area contributed by atoms with Gasteiger partial charge in [0.15, 0.2) is 11.5 Å². The second kappa shape index (κ2) is 9.10. The predicted octanol–water partition coefficient (Wildman–Crippen LogP) is 4.69. The van der Waals surface area contributed by atoms with Gasteiger partial charge in [-0.05, 0) is 38.1 Å². The molecule has 9 nitrogen and oxygen atoms in total. The van der Waals surface area contributed by atoms with Crippen molar-refractivity contribution >= 4 is 33.3 Å². The van der Waals surface area contributed by atoms with Crippen molar-refractivity contribution in [3.05, 3.63) is 47.2 Å². The van der Waals surface area contributed by atoms with Gasteiger partial charge in [-0.1, -0.05) is 11.3 Å². The number of carbonyl (C=O) groups excluding carboxylic acids is 1. The minimum Gasteiger partial charge on any atom is -0.496 e. The zero-order valence-electron chi connectivity index (χ0n) is 20.2. The van der Waals surface area contributed by atoms with E-state index in [1.807, 2.05) is 38.1 Å². The Balaban J connectivity index is 1.64. The highest BCUT2D eigenvalue weighted by Gasteiger charge is 2.35. The van der Waals surface area contributed by atoms with E-state index in [9.17, 15) is 4.79 Å². The molecule has 0 saturated carbocycles. The van der Waals surface area contributed by atoms with Crippen molar-refractivity contribution in [2.45, 2.75) is 26.2 Å². The normalized spacial score (nSPS) is 15.0. The van der Waals surface area contributed by atoms with E-state index in [1.165, 1.54) is 11.3 Å². The van der Waals surface area contributed by atoms with E-state index < -0.39 is 0 Å². The number of rotatable bonds is 7. The summed E-state index contributed by atoms with van der Waals surface area (Å²) in [6.07, 6.45) is 0.253. The first-order valence-corrected chi connectivity index (χ1v) is 12.0. The quantitative estimate of drug-likeness (QED) is 0.398. The first-order chi connectivity index (χ1) is 17.0. The topological polar surface area (TPSA) is 96.7 Å². The first-order valence-electron chi connectivity index (χ1n) is 11.2. The summed E-state index contributed by atoms with van der Waals surface area (Å²) in [6, 6.07) is 9.45. The lowest BCUT2D eigenvalue weighted by atomic mass is 9.85. The number of benzene rings is 2. The highest BCUT2D eigenvalue weighted by molar-refractivity contribution is 7.20. The van der Waals surface area contributed by atoms with Crippen LogP contribution >= 0.6 is 11.3 Å². The largest absolute Gasteiger partial charge is 0.496 e. The lowest BCUT2D eigenvalue weighted by molar-refractivity contribution is -0.116. The summed E-state index contributed by atoms with van der Waals surface area (Å²) in [4.78, 5) is 17.6. The monoisotopic (exact) mass is 494 g/mol. The van der Waals surface area contributed by atoms with Gasteiger partial charge in [0, 0.05) is 29.5 Å². The van der Waals surface area contributed by atoms with E-state index in [2.05, 4.69) is 5.32 Å². The van der Waals surface area contributed by atoms with Crippen LogP contribution in [0.5, 0.6) is 23.0 Å². The Morgan fingerprint density at radius 1 is 1.09 bits per heavy atom. The van der Waals surface area contributed by atoms with Crippen LogP contribution in [0, 0.1) is 6.92 Å². The molecule has 35 heavy (non-hydrogen) atoms. The summed E-state index contributed by atoms with van der Waals surface area (Å²) < 4.78 is 25.0. The molecular weight excluding hydrogens is 468 g/mol. The Kier molecular flexibility index (Phi) is 5.98. The third-order valence-corrected chi connectivity index (χ3v) is 7.05. The van der Waals surface area contributed by atoms with Gasteiger partial charge in [-0.2, -0.15) is 9.78 Å². The zero-order valence-corrected chi connectivity index (χ0v) is 21.0. The minimum atomic E-state index is -0.277. The smallest absolute Gasteiger partial charge is 0.226 e. The Morgan fingerprint density at radius 2 is 1.83 bits per heavy atom. The molecule has 4 aromatic rings. The molecule has 182 valence electrons. The molecule has 1 N–H and O–H groups in total. The van der Waals surface area contributed by atoms with Gasteiger partial charge in [-0.15, -0.1) is 0 Å². The molecule has 0 radical (unpaired) electrons. The fourth-order valence-electron chi connectivity index (χ4n) is 4.52. The maximum absolute atomic E-state index is 12.9. The number of nitrogens with zero attached hydrogens (tertiary/aromatic N) is 3. The molecule has 1 aliphatic rings. The SMILES string of the molecule is CCOc1ccc2nc(-n3nc(C)c4c3NC(=O)C[C@H]4c3cc(OC)c(OC)cc3OC)sc2c1. The Morgan fingerprint density at radius 3 is 2.54 bits per heavy atom. The number of hydrogen-bond donors (Lipinski definition) is 1. The summed E-state index contributed by atoms with van der Waals surface area (Å²) in [6.45, 7) is 4.48. The van der Waals surface area contributed by atoms with Crippen LogP contribution in [0.15, 0.2) is 30.3 Å². The van der Waals surface area contributed by atoms with Crippen molar-refractivity contribution in [2.75, 3.05) is 33.3 Å². The lowest BCUT2D eigenvalue weighted by Crippen LogP contribution is -2.25. The van der Waals surface area contributed by atoms with Gasteiger partial charge in [-0.25, -0.2) is 4.98 Å². The van der Waals surface area contributed by atoms with Gasteiger partial charge in [0.25, 0.3) is 0 Å². The van der Waals surface area contributed by atoms with Crippen LogP contribution in [0.25, 0.3) is 15.3 Å². The highest BCUT2D eigenvalue weighted by atomic mass is 32.1. The molecule has 0 bridgehead atoms. The molecule has 2 aromatic carbocycles. The number of fused-ring (bicyclic) bond motifs is 2. The second-order valence-corrected chi connectivity index (χ2v) is 9.08. The maximum Gasteiger partial charge on any atom is 0.226 e. The number of aryl methyl sites for hydroxylation is 1. The second-order valence-electron chi connectivity index (χ2n) is 8.07. The van der Waals surface area contributed by atoms with E-state index in [-0.39, 0.29) is 18.2 Å². The average Bonchev–Trinajstić information content (AvgIpc) is 3.43. The highest BCUT2D eigenvalue weighted by Crippen LogP contribution is 2.46. The number of amides is 1. The number of ether oxygens (including phenoxy) is 4. The summed E-state index contributed by atoms with van der Waals surface area (Å²) in [5.74, 6) is 2.76. The maximum atomic E-state index is 12.9. The van der Waals surface area contributed by atoms with Gasteiger partial charge >= 0.3 is 0 Å². The minimum absolute atomic E-state index is 0.111. The summed E-state index contributed by atoms with van der Waals surface area (Å²) in [5.41, 5.74) is 3.39. The van der Waals surface area contributed by atoms with Crippen molar-refractivity contribution in [1.82, 2.24) is 14.8 Å². The van der Waals surface area contributed by atoms with Crippen molar-refractivity contribution in [1.29, 1.82) is 0 Å². The van der Waals surface area contributed by atoms with Gasteiger partial charge in [0.1, 0.15) is 17.3 Å². The predicted molar refractivity (Wildman–Crippen MR) is 134 cm³/mol. The fraction of sp³-hybridized carbons (Fsp3) is 0.320. The van der Waals surface area contributed by atoms with Crippen LogP contribution in [0.4, 0.5) is 5.82 Å². The van der Waals surface area contributed by atoms with E-state index >= 15 is 0 Å². The molecule has 5 rings (SSSR count). The molecule has 3 heterocycles. The van der Waals surface area contributed by atoms with Crippen molar-refractivity contribution in [3.63, 3.8) is 0 Å². The van der Waals surface area contributed by atoms with E-state index in [1.54, 1.807) is 32.1 Å². The molecule has 0 aliphatic carbocycles. The Hall–Kier alpha value is -3.79. The van der Waals surface area contributed by atoms with Crippen LogP contribution < -0.4 is 24.3 Å². The molecular formula is C25H26N4O5S.